The van der Waals surface area contributed by atoms with Crippen LogP contribution in [-0.2, 0) is 11.3 Å². The van der Waals surface area contributed by atoms with Gasteiger partial charge in [-0.05, 0) is 67.5 Å². The van der Waals surface area contributed by atoms with Crippen LogP contribution < -0.4 is 9.64 Å². The molecule has 2 fully saturated rings. The number of esters is 1. The van der Waals surface area contributed by atoms with Crippen molar-refractivity contribution in [1.82, 2.24) is 15.0 Å². The lowest BCUT2D eigenvalue weighted by molar-refractivity contribution is 0.0515. The van der Waals surface area contributed by atoms with Crippen molar-refractivity contribution in [2.45, 2.75) is 36.6 Å². The lowest BCUT2D eigenvalue weighted by atomic mass is 10.0. The summed E-state index contributed by atoms with van der Waals surface area (Å²) < 4.78 is 12.3. The molecule has 0 bridgehead atoms. The second kappa shape index (κ2) is 10.9. The Balaban J connectivity index is 1.29. The van der Waals surface area contributed by atoms with Crippen molar-refractivity contribution in [3.63, 3.8) is 0 Å². The first-order valence-electron chi connectivity index (χ1n) is 12.0. The third kappa shape index (κ3) is 5.31. The minimum absolute atomic E-state index is 0.296. The number of carbonyl (C=O) groups is 1. The van der Waals surface area contributed by atoms with E-state index >= 15 is 0 Å². The monoisotopic (exact) mass is 546 g/mol. The maximum absolute atomic E-state index is 12.6. The van der Waals surface area contributed by atoms with Crippen molar-refractivity contribution in [1.29, 1.82) is 0 Å². The molecule has 0 radical (unpaired) electrons. The summed E-state index contributed by atoms with van der Waals surface area (Å²) in [5.41, 5.74) is 2.47. The molecule has 1 unspecified atom stereocenters. The first kappa shape index (κ1) is 25.2. The average molecular weight is 548 g/mol. The zero-order valence-electron chi connectivity index (χ0n) is 20.2. The number of rotatable bonds is 8. The van der Waals surface area contributed by atoms with Crippen LogP contribution in [0.15, 0.2) is 47.5 Å². The maximum Gasteiger partial charge on any atom is 0.361 e. The molecule has 1 aliphatic heterocycles. The molecule has 1 aliphatic carbocycles. The molecule has 3 atom stereocenters. The van der Waals surface area contributed by atoms with E-state index in [1.54, 1.807) is 25.8 Å². The molecule has 0 N–H and O–H groups in total. The molecular weight excluding hydrogens is 519 g/mol. The maximum atomic E-state index is 12.6. The van der Waals surface area contributed by atoms with Crippen LogP contribution in [-0.4, -0.2) is 53.0 Å². The van der Waals surface area contributed by atoms with Crippen molar-refractivity contribution in [2.75, 3.05) is 31.7 Å². The molecule has 10 heteroatoms. The Kier molecular flexibility index (Phi) is 7.65. The van der Waals surface area contributed by atoms with Crippen molar-refractivity contribution < 1.29 is 14.3 Å². The van der Waals surface area contributed by atoms with Gasteiger partial charge in [0.25, 0.3) is 0 Å². The molecule has 1 saturated carbocycles. The van der Waals surface area contributed by atoms with Crippen LogP contribution in [0.1, 0.15) is 35.8 Å². The summed E-state index contributed by atoms with van der Waals surface area (Å²) in [6.07, 6.45) is 2.15. The number of thioether (sulfide) groups is 1. The minimum atomic E-state index is -0.426. The smallest absolute Gasteiger partial charge is 0.361 e. The van der Waals surface area contributed by atoms with Crippen molar-refractivity contribution >= 4 is 46.6 Å². The predicted molar refractivity (Wildman–Crippen MR) is 143 cm³/mol. The second-order valence-electron chi connectivity index (χ2n) is 9.20. The standard InChI is InChI=1S/C26H28Cl2N4O3S/c1-3-35-26(33)24-25(32(30-29-24)13-16-4-7-20(34-2)8-5-16)36-21-10-17-14-31(15-18(17)11-21)19-6-9-22(27)23(28)12-19/h4-9,12,17-18,21H,3,10-11,13-15H2,1-2H3/t17-,18?,21+/m1/s1. The molecule has 2 aliphatic rings. The molecule has 5 rings (SSSR count). The van der Waals surface area contributed by atoms with Gasteiger partial charge in [0.1, 0.15) is 10.8 Å². The summed E-state index contributed by atoms with van der Waals surface area (Å²) in [7, 11) is 1.65. The van der Waals surface area contributed by atoms with Gasteiger partial charge in [-0.1, -0.05) is 40.5 Å². The molecule has 0 amide bonds. The highest BCUT2D eigenvalue weighted by molar-refractivity contribution is 8.00. The van der Waals surface area contributed by atoms with Gasteiger partial charge >= 0.3 is 5.97 Å². The molecule has 1 aromatic heterocycles. The van der Waals surface area contributed by atoms with Crippen LogP contribution in [0.25, 0.3) is 0 Å². The van der Waals surface area contributed by atoms with E-state index in [-0.39, 0.29) is 0 Å². The van der Waals surface area contributed by atoms with E-state index in [0.717, 1.165) is 48.0 Å². The predicted octanol–water partition coefficient (Wildman–Crippen LogP) is 5.83. The van der Waals surface area contributed by atoms with Gasteiger partial charge in [0, 0.05) is 24.0 Å². The normalized spacial score (nSPS) is 21.0. The zero-order valence-corrected chi connectivity index (χ0v) is 22.5. The van der Waals surface area contributed by atoms with E-state index in [1.165, 1.54) is 0 Å². The van der Waals surface area contributed by atoms with Crippen LogP contribution in [0, 0.1) is 11.8 Å². The van der Waals surface area contributed by atoms with Crippen LogP contribution in [0.5, 0.6) is 5.75 Å². The zero-order chi connectivity index (χ0) is 25.2. The molecule has 190 valence electrons. The molecule has 36 heavy (non-hydrogen) atoms. The van der Waals surface area contributed by atoms with E-state index in [2.05, 4.69) is 15.2 Å². The highest BCUT2D eigenvalue weighted by atomic mass is 35.5. The Morgan fingerprint density at radius 2 is 1.81 bits per heavy atom. The minimum Gasteiger partial charge on any atom is -0.497 e. The van der Waals surface area contributed by atoms with Gasteiger partial charge in [0.15, 0.2) is 0 Å². The Hall–Kier alpha value is -2.42. The topological polar surface area (TPSA) is 69.5 Å². The van der Waals surface area contributed by atoms with Crippen molar-refractivity contribution in [2.24, 2.45) is 11.8 Å². The van der Waals surface area contributed by atoms with Gasteiger partial charge in [-0.3, -0.25) is 0 Å². The molecule has 3 aromatic rings. The van der Waals surface area contributed by atoms with Crippen LogP contribution >= 0.6 is 35.0 Å². The molecule has 2 heterocycles. The number of anilines is 1. The van der Waals surface area contributed by atoms with Crippen LogP contribution in [0.2, 0.25) is 10.0 Å². The van der Waals surface area contributed by atoms with Gasteiger partial charge in [-0.15, -0.1) is 16.9 Å². The largest absolute Gasteiger partial charge is 0.497 e. The number of methoxy groups -OCH3 is 1. The molecular formula is C26H28Cl2N4O3S. The molecule has 2 aromatic carbocycles. The number of ether oxygens (including phenoxy) is 2. The average Bonchev–Trinajstić information content (AvgIpc) is 3.56. The summed E-state index contributed by atoms with van der Waals surface area (Å²) in [6.45, 7) is 4.60. The van der Waals surface area contributed by atoms with Gasteiger partial charge < -0.3 is 14.4 Å². The third-order valence-electron chi connectivity index (χ3n) is 6.90. The van der Waals surface area contributed by atoms with E-state index in [0.29, 0.717) is 46.0 Å². The Bertz CT molecular complexity index is 1220. The summed E-state index contributed by atoms with van der Waals surface area (Å²) in [5, 5.41) is 10.9. The van der Waals surface area contributed by atoms with Crippen molar-refractivity contribution in [3.8, 4) is 5.75 Å². The van der Waals surface area contributed by atoms with Gasteiger partial charge in [0.05, 0.1) is 30.3 Å². The number of hydrogen-bond donors (Lipinski definition) is 0. The van der Waals surface area contributed by atoms with Crippen molar-refractivity contribution in [3.05, 3.63) is 63.8 Å². The summed E-state index contributed by atoms with van der Waals surface area (Å²) >= 11 is 14.1. The Labute approximate surface area is 225 Å². The van der Waals surface area contributed by atoms with Gasteiger partial charge in [-0.25, -0.2) is 9.48 Å². The Morgan fingerprint density at radius 3 is 2.44 bits per heavy atom. The first-order chi connectivity index (χ1) is 17.4. The summed E-state index contributed by atoms with van der Waals surface area (Å²) in [6, 6.07) is 13.7. The molecule has 1 saturated heterocycles. The summed E-state index contributed by atoms with van der Waals surface area (Å²) in [5.74, 6) is 1.55. The number of carbonyl (C=O) groups excluding carboxylic acids is 1. The lowest BCUT2D eigenvalue weighted by Gasteiger charge is -2.21. The van der Waals surface area contributed by atoms with Crippen LogP contribution in [0.3, 0.4) is 0 Å². The number of aromatic nitrogens is 3. The number of fused-ring (bicyclic) bond motifs is 1. The molecule has 0 spiro atoms. The number of nitrogens with zero attached hydrogens (tertiary/aromatic N) is 4. The van der Waals surface area contributed by atoms with E-state index in [9.17, 15) is 4.79 Å². The van der Waals surface area contributed by atoms with E-state index in [1.807, 2.05) is 47.1 Å². The third-order valence-corrected chi connectivity index (χ3v) is 8.99. The lowest BCUT2D eigenvalue weighted by Crippen LogP contribution is -2.22. The molecule has 7 nitrogen and oxygen atoms in total. The fraction of sp³-hybridized carbons (Fsp3) is 0.423. The van der Waals surface area contributed by atoms with Gasteiger partial charge in [-0.2, -0.15) is 0 Å². The fourth-order valence-corrected chi connectivity index (χ4v) is 6.90. The number of hydrogen-bond acceptors (Lipinski definition) is 7. The fourth-order valence-electron chi connectivity index (χ4n) is 5.15. The Morgan fingerprint density at radius 1 is 1.08 bits per heavy atom. The van der Waals surface area contributed by atoms with Crippen LogP contribution in [0.4, 0.5) is 5.69 Å². The number of halogens is 2. The highest BCUT2D eigenvalue weighted by Crippen LogP contribution is 2.46. The van der Waals surface area contributed by atoms with Gasteiger partial charge in [0.2, 0.25) is 5.69 Å². The first-order valence-corrected chi connectivity index (χ1v) is 13.7. The van der Waals surface area contributed by atoms with E-state index < -0.39 is 5.97 Å². The SMILES string of the molecule is CCOC(=O)c1nnn(Cc2ccc(OC)cc2)c1S[C@@H]1CC2CN(c3ccc(Cl)c(Cl)c3)C[C@H]2C1. The van der Waals surface area contributed by atoms with E-state index in [4.69, 9.17) is 32.7 Å². The highest BCUT2D eigenvalue weighted by Gasteiger charge is 2.42. The summed E-state index contributed by atoms with van der Waals surface area (Å²) in [4.78, 5) is 15.0. The second-order valence-corrected chi connectivity index (χ2v) is 11.3. The quantitative estimate of drug-likeness (QED) is 0.329. The number of benzene rings is 2.